The molecule has 0 saturated heterocycles. The molecular formula is C11H21N3OS. The Morgan fingerprint density at radius 2 is 2.25 bits per heavy atom. The number of rotatable bonds is 8. The predicted octanol–water partition coefficient (Wildman–Crippen LogP) is 2.25. The molecule has 0 radical (unpaired) electrons. The van der Waals surface area contributed by atoms with Gasteiger partial charge in [-0.15, -0.1) is 0 Å². The molecule has 5 heteroatoms. The Kier molecular flexibility index (Phi) is 6.49. The summed E-state index contributed by atoms with van der Waals surface area (Å²) in [7, 11) is 0. The highest BCUT2D eigenvalue weighted by Crippen LogP contribution is 2.10. The van der Waals surface area contributed by atoms with Crippen molar-refractivity contribution in [3.05, 3.63) is 11.7 Å². The van der Waals surface area contributed by atoms with Gasteiger partial charge in [-0.3, -0.25) is 0 Å². The molecule has 1 atom stereocenters. The van der Waals surface area contributed by atoms with Crippen molar-refractivity contribution < 1.29 is 4.52 Å². The van der Waals surface area contributed by atoms with Crippen LogP contribution in [0.3, 0.4) is 0 Å². The van der Waals surface area contributed by atoms with Gasteiger partial charge in [-0.05, 0) is 25.6 Å². The fourth-order valence-electron chi connectivity index (χ4n) is 1.42. The van der Waals surface area contributed by atoms with E-state index in [0.717, 1.165) is 36.2 Å². The Morgan fingerprint density at radius 1 is 1.44 bits per heavy atom. The maximum Gasteiger partial charge on any atom is 0.228 e. The number of nitrogens with one attached hydrogen (secondary N) is 1. The molecule has 1 aromatic rings. The molecule has 0 saturated carbocycles. The first kappa shape index (κ1) is 13.5. The first-order chi connectivity index (χ1) is 7.76. The molecule has 0 aliphatic carbocycles. The SMILES string of the molecule is CCCSCc1noc(CC(C)NCC)n1. The molecule has 4 nitrogen and oxygen atoms in total. The zero-order valence-corrected chi connectivity index (χ0v) is 11.1. The lowest BCUT2D eigenvalue weighted by atomic mass is 10.2. The highest BCUT2D eigenvalue weighted by atomic mass is 32.2. The Balaban J connectivity index is 2.33. The van der Waals surface area contributed by atoms with E-state index in [4.69, 9.17) is 4.52 Å². The third-order valence-corrected chi connectivity index (χ3v) is 3.28. The molecule has 16 heavy (non-hydrogen) atoms. The lowest BCUT2D eigenvalue weighted by Crippen LogP contribution is -2.27. The van der Waals surface area contributed by atoms with Crippen molar-refractivity contribution in [3.8, 4) is 0 Å². The average Bonchev–Trinajstić information content (AvgIpc) is 2.66. The van der Waals surface area contributed by atoms with Gasteiger partial charge in [0.15, 0.2) is 5.82 Å². The summed E-state index contributed by atoms with van der Waals surface area (Å²) in [5.41, 5.74) is 0. The van der Waals surface area contributed by atoms with Crippen molar-refractivity contribution in [2.45, 2.75) is 45.4 Å². The molecule has 0 spiro atoms. The van der Waals surface area contributed by atoms with E-state index in [-0.39, 0.29) is 0 Å². The molecular weight excluding hydrogens is 222 g/mol. The Hall–Kier alpha value is -0.550. The van der Waals surface area contributed by atoms with Crippen LogP contribution in [0.25, 0.3) is 0 Å². The fourth-order valence-corrected chi connectivity index (χ4v) is 2.15. The van der Waals surface area contributed by atoms with E-state index in [1.165, 1.54) is 6.42 Å². The number of nitrogens with zero attached hydrogens (tertiary/aromatic N) is 2. The molecule has 1 unspecified atom stereocenters. The van der Waals surface area contributed by atoms with Gasteiger partial charge in [-0.2, -0.15) is 16.7 Å². The normalized spacial score (nSPS) is 12.9. The van der Waals surface area contributed by atoms with Gasteiger partial charge in [0.05, 0.1) is 5.75 Å². The molecule has 1 N–H and O–H groups in total. The van der Waals surface area contributed by atoms with Crippen molar-refractivity contribution in [3.63, 3.8) is 0 Å². The van der Waals surface area contributed by atoms with Crippen molar-refractivity contribution in [1.82, 2.24) is 15.5 Å². The summed E-state index contributed by atoms with van der Waals surface area (Å²) < 4.78 is 5.20. The van der Waals surface area contributed by atoms with Crippen molar-refractivity contribution in [2.75, 3.05) is 12.3 Å². The first-order valence-electron chi connectivity index (χ1n) is 5.88. The van der Waals surface area contributed by atoms with Gasteiger partial charge in [-0.1, -0.05) is 19.0 Å². The van der Waals surface area contributed by atoms with Crippen LogP contribution < -0.4 is 5.32 Å². The number of likely N-dealkylation sites (N-methyl/N-ethyl adjacent to an activating group) is 1. The van der Waals surface area contributed by atoms with E-state index >= 15 is 0 Å². The lowest BCUT2D eigenvalue weighted by Gasteiger charge is -2.07. The van der Waals surface area contributed by atoms with Crippen LogP contribution in [0.4, 0.5) is 0 Å². The second kappa shape index (κ2) is 7.68. The van der Waals surface area contributed by atoms with E-state index < -0.39 is 0 Å². The van der Waals surface area contributed by atoms with E-state index in [0.29, 0.717) is 6.04 Å². The molecule has 0 fully saturated rings. The number of thioether (sulfide) groups is 1. The van der Waals surface area contributed by atoms with Crippen LogP contribution in [-0.4, -0.2) is 28.5 Å². The molecule has 1 aromatic heterocycles. The Labute approximate surface area is 102 Å². The number of hydrogen-bond acceptors (Lipinski definition) is 5. The number of hydrogen-bond donors (Lipinski definition) is 1. The minimum Gasteiger partial charge on any atom is -0.339 e. The third kappa shape index (κ3) is 4.99. The Morgan fingerprint density at radius 3 is 2.94 bits per heavy atom. The summed E-state index contributed by atoms with van der Waals surface area (Å²) in [6, 6.07) is 0.390. The largest absolute Gasteiger partial charge is 0.339 e. The zero-order chi connectivity index (χ0) is 11.8. The van der Waals surface area contributed by atoms with Crippen LogP contribution in [0.5, 0.6) is 0 Å². The summed E-state index contributed by atoms with van der Waals surface area (Å²) in [6.07, 6.45) is 1.99. The molecule has 92 valence electrons. The van der Waals surface area contributed by atoms with Crippen LogP contribution in [-0.2, 0) is 12.2 Å². The predicted molar refractivity (Wildman–Crippen MR) is 67.6 cm³/mol. The van der Waals surface area contributed by atoms with Crippen LogP contribution in [0, 0.1) is 0 Å². The van der Waals surface area contributed by atoms with Crippen LogP contribution in [0.15, 0.2) is 4.52 Å². The van der Waals surface area contributed by atoms with E-state index in [2.05, 4.69) is 36.2 Å². The quantitative estimate of drug-likeness (QED) is 0.710. The summed E-state index contributed by atoms with van der Waals surface area (Å²) in [4.78, 5) is 4.37. The first-order valence-corrected chi connectivity index (χ1v) is 7.04. The van der Waals surface area contributed by atoms with Crippen molar-refractivity contribution in [1.29, 1.82) is 0 Å². The molecule has 0 aliphatic rings. The van der Waals surface area contributed by atoms with Gasteiger partial charge in [0.25, 0.3) is 0 Å². The standard InChI is InChI=1S/C11H21N3OS/c1-4-6-16-8-10-13-11(15-14-10)7-9(3)12-5-2/h9,12H,4-8H2,1-3H3. The topological polar surface area (TPSA) is 51.0 Å². The second-order valence-corrected chi connectivity index (χ2v) is 4.92. The van der Waals surface area contributed by atoms with Crippen LogP contribution in [0.2, 0.25) is 0 Å². The molecule has 1 heterocycles. The maximum atomic E-state index is 5.20. The molecule has 0 aromatic carbocycles. The summed E-state index contributed by atoms with van der Waals surface area (Å²) >= 11 is 1.85. The van der Waals surface area contributed by atoms with E-state index in [9.17, 15) is 0 Å². The summed E-state index contributed by atoms with van der Waals surface area (Å²) in [5, 5.41) is 7.29. The highest BCUT2D eigenvalue weighted by Gasteiger charge is 2.09. The van der Waals surface area contributed by atoms with Crippen LogP contribution in [0.1, 0.15) is 38.9 Å². The minimum absolute atomic E-state index is 0.390. The molecule has 0 amide bonds. The molecule has 0 bridgehead atoms. The summed E-state index contributed by atoms with van der Waals surface area (Å²) in [5.74, 6) is 3.56. The zero-order valence-electron chi connectivity index (χ0n) is 10.3. The van der Waals surface area contributed by atoms with Crippen molar-refractivity contribution in [2.24, 2.45) is 0 Å². The van der Waals surface area contributed by atoms with E-state index in [1.54, 1.807) is 0 Å². The maximum absolute atomic E-state index is 5.20. The third-order valence-electron chi connectivity index (χ3n) is 2.12. The summed E-state index contributed by atoms with van der Waals surface area (Å²) in [6.45, 7) is 7.36. The lowest BCUT2D eigenvalue weighted by molar-refractivity contribution is 0.359. The van der Waals surface area contributed by atoms with Gasteiger partial charge >= 0.3 is 0 Å². The van der Waals surface area contributed by atoms with Gasteiger partial charge in [-0.25, -0.2) is 0 Å². The Bertz CT molecular complexity index is 291. The smallest absolute Gasteiger partial charge is 0.228 e. The molecule has 0 aliphatic heterocycles. The van der Waals surface area contributed by atoms with Crippen molar-refractivity contribution >= 4 is 11.8 Å². The van der Waals surface area contributed by atoms with Gasteiger partial charge in [0, 0.05) is 12.5 Å². The average molecular weight is 243 g/mol. The van der Waals surface area contributed by atoms with Gasteiger partial charge < -0.3 is 9.84 Å². The highest BCUT2D eigenvalue weighted by molar-refractivity contribution is 7.98. The van der Waals surface area contributed by atoms with E-state index in [1.807, 2.05) is 11.8 Å². The monoisotopic (exact) mass is 243 g/mol. The van der Waals surface area contributed by atoms with Gasteiger partial charge in [0.2, 0.25) is 5.89 Å². The van der Waals surface area contributed by atoms with Gasteiger partial charge in [0.1, 0.15) is 0 Å². The van der Waals surface area contributed by atoms with Crippen LogP contribution >= 0.6 is 11.8 Å². The second-order valence-electron chi connectivity index (χ2n) is 3.82. The minimum atomic E-state index is 0.390. The molecule has 1 rings (SSSR count). The number of aromatic nitrogens is 2. The fraction of sp³-hybridized carbons (Fsp3) is 0.818.